The Hall–Kier alpha value is -2.04. The van der Waals surface area contributed by atoms with Crippen LogP contribution in [0.5, 0.6) is 11.5 Å². The van der Waals surface area contributed by atoms with Crippen molar-refractivity contribution in [1.29, 1.82) is 0 Å². The molecule has 0 amide bonds. The smallest absolute Gasteiger partial charge is 0.165 e. The highest BCUT2D eigenvalue weighted by atomic mass is 17.2. The zero-order valence-electron chi connectivity index (χ0n) is 14.2. The van der Waals surface area contributed by atoms with Crippen LogP contribution in [0.15, 0.2) is 48.5 Å². The van der Waals surface area contributed by atoms with Gasteiger partial charge < -0.3 is 14.4 Å². The lowest BCUT2D eigenvalue weighted by atomic mass is 9.78. The van der Waals surface area contributed by atoms with Gasteiger partial charge in [-0.15, -0.1) is 0 Å². The van der Waals surface area contributed by atoms with Gasteiger partial charge >= 0.3 is 0 Å². The van der Waals surface area contributed by atoms with Crippen LogP contribution in [0, 0.1) is 0 Å². The van der Waals surface area contributed by atoms with E-state index in [2.05, 4.69) is 43.0 Å². The molecule has 0 aliphatic heterocycles. The molecule has 0 aromatic heterocycles. The molecule has 4 nitrogen and oxygen atoms in total. The fraction of sp³-hybridized carbons (Fsp3) is 0.368. The van der Waals surface area contributed by atoms with Gasteiger partial charge in [0.25, 0.3) is 0 Å². The summed E-state index contributed by atoms with van der Waals surface area (Å²) in [5, 5.41) is 0. The number of ether oxygens (including phenoxy) is 2. The van der Waals surface area contributed by atoms with Crippen LogP contribution in [-0.2, 0) is 15.0 Å². The summed E-state index contributed by atoms with van der Waals surface area (Å²) in [7, 11) is 3.16. The minimum Gasteiger partial charge on any atom is -0.491 e. The van der Waals surface area contributed by atoms with Gasteiger partial charge in [0.05, 0.1) is 13.7 Å². The van der Waals surface area contributed by atoms with Gasteiger partial charge in [-0.2, -0.15) is 4.89 Å². The second-order valence-corrected chi connectivity index (χ2v) is 5.77. The van der Waals surface area contributed by atoms with Crippen LogP contribution in [0.1, 0.15) is 25.0 Å². The number of methoxy groups -OCH3 is 1. The Labute approximate surface area is 137 Å². The van der Waals surface area contributed by atoms with E-state index in [-0.39, 0.29) is 5.41 Å². The Morgan fingerprint density at radius 2 is 1.26 bits per heavy atom. The van der Waals surface area contributed by atoms with Gasteiger partial charge in [-0.25, -0.2) is 0 Å². The van der Waals surface area contributed by atoms with E-state index in [1.165, 1.54) is 18.2 Å². The van der Waals surface area contributed by atoms with Crippen molar-refractivity contribution in [3.8, 4) is 11.5 Å². The fourth-order valence-corrected chi connectivity index (χ4v) is 2.40. The highest BCUT2D eigenvalue weighted by molar-refractivity contribution is 5.41. The first-order valence-electron chi connectivity index (χ1n) is 7.61. The molecule has 0 N–H and O–H groups in total. The molecule has 0 radical (unpaired) electrons. The number of hydrogen-bond acceptors (Lipinski definition) is 4. The third-order valence-electron chi connectivity index (χ3n) is 3.89. The minimum atomic E-state index is -0.114. The van der Waals surface area contributed by atoms with E-state index in [1.807, 2.05) is 24.3 Å². The van der Waals surface area contributed by atoms with Gasteiger partial charge in [0.15, 0.2) is 5.75 Å². The van der Waals surface area contributed by atoms with E-state index in [4.69, 9.17) is 14.4 Å². The van der Waals surface area contributed by atoms with Gasteiger partial charge in [-0.3, -0.25) is 0 Å². The average Bonchev–Trinajstić information content (AvgIpc) is 2.56. The van der Waals surface area contributed by atoms with E-state index in [0.29, 0.717) is 19.0 Å². The van der Waals surface area contributed by atoms with Crippen molar-refractivity contribution in [2.75, 3.05) is 27.4 Å². The summed E-state index contributed by atoms with van der Waals surface area (Å²) in [6, 6.07) is 16.1. The predicted octanol–water partition coefficient (Wildman–Crippen LogP) is 3.98. The van der Waals surface area contributed by atoms with Crippen molar-refractivity contribution in [2.45, 2.75) is 19.3 Å². The topological polar surface area (TPSA) is 36.9 Å². The molecular formula is C19H24O4. The molecule has 2 aromatic rings. The molecule has 2 rings (SSSR count). The lowest BCUT2D eigenvalue weighted by molar-refractivity contribution is -0.178. The molecule has 0 saturated heterocycles. The van der Waals surface area contributed by atoms with Crippen molar-refractivity contribution in [3.63, 3.8) is 0 Å². The molecule has 0 saturated carbocycles. The maximum atomic E-state index is 5.61. The summed E-state index contributed by atoms with van der Waals surface area (Å²) in [6.45, 7) is 5.53. The molecule has 4 heteroatoms. The van der Waals surface area contributed by atoms with Crippen LogP contribution >= 0.6 is 0 Å². The zero-order chi connectivity index (χ0) is 16.7. The number of benzene rings is 2. The fourth-order valence-electron chi connectivity index (χ4n) is 2.40. The lowest BCUT2D eigenvalue weighted by Gasteiger charge is -2.26. The highest BCUT2D eigenvalue weighted by Gasteiger charge is 2.23. The number of hydrogen-bond donors (Lipinski definition) is 0. The van der Waals surface area contributed by atoms with E-state index in [1.54, 1.807) is 7.11 Å². The first-order chi connectivity index (χ1) is 11.1. The summed E-state index contributed by atoms with van der Waals surface area (Å²) in [6.07, 6.45) is 0. The Kier molecular flexibility index (Phi) is 6.02. The molecule has 0 unspecified atom stereocenters. The van der Waals surface area contributed by atoms with Crippen LogP contribution in [-0.4, -0.2) is 27.4 Å². The van der Waals surface area contributed by atoms with Crippen molar-refractivity contribution in [3.05, 3.63) is 59.7 Å². The van der Waals surface area contributed by atoms with Crippen LogP contribution < -0.4 is 9.62 Å². The molecule has 0 aliphatic rings. The van der Waals surface area contributed by atoms with Crippen LogP contribution in [0.25, 0.3) is 0 Å². The Morgan fingerprint density at radius 1 is 0.739 bits per heavy atom. The van der Waals surface area contributed by atoms with Gasteiger partial charge in [0.2, 0.25) is 0 Å². The average molecular weight is 316 g/mol. The zero-order valence-corrected chi connectivity index (χ0v) is 14.2. The van der Waals surface area contributed by atoms with Gasteiger partial charge in [-0.1, -0.05) is 38.1 Å². The van der Waals surface area contributed by atoms with Crippen LogP contribution in [0.2, 0.25) is 0 Å². The maximum absolute atomic E-state index is 5.61. The summed E-state index contributed by atoms with van der Waals surface area (Å²) in [5.74, 6) is 1.54. The third-order valence-corrected chi connectivity index (χ3v) is 3.89. The van der Waals surface area contributed by atoms with Crippen LogP contribution in [0.3, 0.4) is 0 Å². The van der Waals surface area contributed by atoms with Gasteiger partial charge in [0.1, 0.15) is 12.4 Å². The minimum absolute atomic E-state index is 0.114. The molecule has 23 heavy (non-hydrogen) atoms. The summed E-state index contributed by atoms with van der Waals surface area (Å²) >= 11 is 0. The van der Waals surface area contributed by atoms with Gasteiger partial charge in [0, 0.05) is 12.5 Å². The molecule has 0 atom stereocenters. The molecule has 0 fully saturated rings. The van der Waals surface area contributed by atoms with E-state index in [9.17, 15) is 0 Å². The normalized spacial score (nSPS) is 11.3. The monoisotopic (exact) mass is 316 g/mol. The summed E-state index contributed by atoms with van der Waals surface area (Å²) in [4.78, 5) is 9.68. The van der Waals surface area contributed by atoms with Crippen LogP contribution in [0.4, 0.5) is 0 Å². The first kappa shape index (κ1) is 17.3. The molecule has 0 aliphatic carbocycles. The Balaban J connectivity index is 2.11. The standard InChI is InChI=1S/C19H24O4/c1-19(2,16-7-11-18(12-8-16)23-21-4)15-5-9-17(10-6-15)22-14-13-20-3/h5-12H,13-14H2,1-4H3. The van der Waals surface area contributed by atoms with Gasteiger partial charge in [-0.05, 0) is 35.4 Å². The number of rotatable bonds is 8. The second-order valence-electron chi connectivity index (χ2n) is 5.77. The van der Waals surface area contributed by atoms with Crippen molar-refractivity contribution in [2.24, 2.45) is 0 Å². The Bertz CT molecular complexity index is 588. The predicted molar refractivity (Wildman–Crippen MR) is 90.0 cm³/mol. The van der Waals surface area contributed by atoms with Crippen molar-refractivity contribution in [1.82, 2.24) is 0 Å². The first-order valence-corrected chi connectivity index (χ1v) is 7.61. The molecule has 0 heterocycles. The highest BCUT2D eigenvalue weighted by Crippen LogP contribution is 2.33. The maximum Gasteiger partial charge on any atom is 0.165 e. The molecule has 2 aromatic carbocycles. The lowest BCUT2D eigenvalue weighted by Crippen LogP contribution is -2.18. The summed E-state index contributed by atoms with van der Waals surface area (Å²) in [5.41, 5.74) is 2.31. The van der Waals surface area contributed by atoms with Crippen molar-refractivity contribution < 1.29 is 19.2 Å². The van der Waals surface area contributed by atoms with E-state index in [0.717, 1.165) is 5.75 Å². The SMILES string of the molecule is COCCOc1ccc(C(C)(C)c2ccc(OOC)cc2)cc1. The second kappa shape index (κ2) is 7.99. The Morgan fingerprint density at radius 3 is 1.74 bits per heavy atom. The quantitative estimate of drug-likeness (QED) is 0.419. The molecular weight excluding hydrogens is 292 g/mol. The largest absolute Gasteiger partial charge is 0.491 e. The van der Waals surface area contributed by atoms with Crippen molar-refractivity contribution >= 4 is 0 Å². The summed E-state index contributed by atoms with van der Waals surface area (Å²) < 4.78 is 10.6. The van der Waals surface area contributed by atoms with E-state index >= 15 is 0 Å². The molecule has 0 bridgehead atoms. The molecule has 124 valence electrons. The third kappa shape index (κ3) is 4.47. The molecule has 0 spiro atoms. The van der Waals surface area contributed by atoms with E-state index < -0.39 is 0 Å².